The van der Waals surface area contributed by atoms with Gasteiger partial charge < -0.3 is 15.3 Å². The Hall–Kier alpha value is -1.52. The number of Topliss-reactive ketones (excluding diaryl/α,β-unsaturated/α-hetero) is 1. The molecule has 154 valence electrons. The van der Waals surface area contributed by atoms with E-state index in [1.54, 1.807) is 0 Å². The molecule has 0 radical (unpaired) electrons. The van der Waals surface area contributed by atoms with Crippen molar-refractivity contribution in [2.24, 2.45) is 17.3 Å². The third-order valence-electron chi connectivity index (χ3n) is 6.68. The van der Waals surface area contributed by atoms with Gasteiger partial charge in [0.05, 0.1) is 0 Å². The molecule has 2 atom stereocenters. The molecule has 2 aliphatic carbocycles. The molecule has 5 nitrogen and oxygen atoms in total. The average molecular weight is 381 g/mol. The predicted molar refractivity (Wildman–Crippen MR) is 105 cm³/mol. The first-order chi connectivity index (χ1) is 12.8. The van der Waals surface area contributed by atoms with E-state index in [2.05, 4.69) is 6.92 Å². The fraction of sp³-hybridized carbons (Fsp3) is 0.818. The van der Waals surface area contributed by atoms with Gasteiger partial charge in [0.15, 0.2) is 0 Å². The van der Waals surface area contributed by atoms with Crippen molar-refractivity contribution >= 4 is 11.8 Å². The van der Waals surface area contributed by atoms with Crippen LogP contribution >= 0.6 is 0 Å². The van der Waals surface area contributed by atoms with E-state index < -0.39 is 5.97 Å². The molecular weight excluding hydrogens is 344 g/mol. The third kappa shape index (κ3) is 6.54. The fourth-order valence-electron chi connectivity index (χ4n) is 4.83. The minimum absolute atomic E-state index is 0.0401. The highest BCUT2D eigenvalue weighted by atomic mass is 16.4. The number of carbonyl (C=O) groups excluding carboxylic acids is 1. The van der Waals surface area contributed by atoms with Gasteiger partial charge >= 0.3 is 5.97 Å². The molecule has 0 aromatic rings. The number of carboxylic acid groups (broad SMARTS) is 1. The molecule has 0 bridgehead atoms. The number of carboxylic acids is 1. The first kappa shape index (κ1) is 21.8. The van der Waals surface area contributed by atoms with Crippen molar-refractivity contribution in [2.75, 3.05) is 0 Å². The van der Waals surface area contributed by atoms with Crippen molar-refractivity contribution < 1.29 is 24.9 Å². The van der Waals surface area contributed by atoms with Crippen LogP contribution in [0.4, 0.5) is 0 Å². The third-order valence-corrected chi connectivity index (χ3v) is 6.68. The van der Waals surface area contributed by atoms with Crippen LogP contribution in [-0.2, 0) is 9.59 Å². The lowest BCUT2D eigenvalue weighted by Gasteiger charge is -2.24. The molecule has 0 heterocycles. The first-order valence-corrected chi connectivity index (χ1v) is 10.7. The molecule has 2 aliphatic rings. The van der Waals surface area contributed by atoms with E-state index in [0.29, 0.717) is 32.1 Å². The number of hydrogen-bond donors (Lipinski definition) is 3. The second kappa shape index (κ2) is 10.1. The molecule has 2 saturated carbocycles. The summed E-state index contributed by atoms with van der Waals surface area (Å²) in [5.41, 5.74) is 0.273. The van der Waals surface area contributed by atoms with Crippen molar-refractivity contribution in [1.82, 2.24) is 0 Å². The Bertz CT molecular complexity index is 545. The summed E-state index contributed by atoms with van der Waals surface area (Å²) in [7, 11) is 0. The van der Waals surface area contributed by atoms with Crippen LogP contribution < -0.4 is 0 Å². The monoisotopic (exact) mass is 380 g/mol. The minimum Gasteiger partial charge on any atom is -0.509 e. The molecule has 5 heteroatoms. The molecule has 0 aliphatic heterocycles. The van der Waals surface area contributed by atoms with Gasteiger partial charge in [-0.25, -0.2) is 0 Å². The highest BCUT2D eigenvalue weighted by Crippen LogP contribution is 2.43. The zero-order chi connectivity index (χ0) is 19.9. The summed E-state index contributed by atoms with van der Waals surface area (Å²) >= 11 is 0. The number of aliphatic carboxylic acids is 1. The normalized spacial score (nSPS) is 25.6. The highest BCUT2D eigenvalue weighted by Gasteiger charge is 2.38. The van der Waals surface area contributed by atoms with Crippen LogP contribution in [0.3, 0.4) is 0 Å². The number of allylic oxidation sites excluding steroid dienone is 2. The highest BCUT2D eigenvalue weighted by molar-refractivity contribution is 5.83. The SMILES string of the molecule is CC1(CC/C(O)=C(\O)[C@H]2CCC(=O)[C@@H]2CCCCCCC(=O)O)CCCC1. The number of carbonyl (C=O) groups is 2. The second-order valence-corrected chi connectivity index (χ2v) is 8.91. The summed E-state index contributed by atoms with van der Waals surface area (Å²) in [5.74, 6) is -0.903. The maximum Gasteiger partial charge on any atom is 0.303 e. The van der Waals surface area contributed by atoms with Gasteiger partial charge in [0.25, 0.3) is 0 Å². The molecule has 3 N–H and O–H groups in total. The van der Waals surface area contributed by atoms with E-state index in [1.165, 1.54) is 25.7 Å². The van der Waals surface area contributed by atoms with E-state index in [9.17, 15) is 19.8 Å². The Kier molecular flexibility index (Phi) is 8.18. The number of aliphatic hydroxyl groups excluding tert-OH is 2. The van der Waals surface area contributed by atoms with Gasteiger partial charge in [-0.1, -0.05) is 39.0 Å². The van der Waals surface area contributed by atoms with E-state index in [0.717, 1.165) is 25.7 Å². The molecular formula is C22H36O5. The Morgan fingerprint density at radius 3 is 2.37 bits per heavy atom. The van der Waals surface area contributed by atoms with Crippen LogP contribution in [0.5, 0.6) is 0 Å². The lowest BCUT2D eigenvalue weighted by Crippen LogP contribution is -2.18. The zero-order valence-corrected chi connectivity index (χ0v) is 16.7. The Balaban J connectivity index is 1.82. The molecule has 2 fully saturated rings. The zero-order valence-electron chi connectivity index (χ0n) is 16.7. The second-order valence-electron chi connectivity index (χ2n) is 8.91. The van der Waals surface area contributed by atoms with Gasteiger partial charge in [-0.15, -0.1) is 0 Å². The van der Waals surface area contributed by atoms with E-state index >= 15 is 0 Å². The lowest BCUT2D eigenvalue weighted by atomic mass is 9.82. The summed E-state index contributed by atoms with van der Waals surface area (Å²) in [4.78, 5) is 22.8. The maximum absolute atomic E-state index is 12.2. The van der Waals surface area contributed by atoms with Crippen molar-refractivity contribution in [3.63, 3.8) is 0 Å². The standard InChI is InChI=1S/C22H36O5/c1-22(13-6-7-14-22)15-12-19(24)21(27)17-10-11-18(23)16(17)8-4-2-3-5-9-20(25)26/h16-17,24,27H,2-15H2,1H3,(H,25,26)/b21-19+/t16-,17+/m1/s1. The summed E-state index contributed by atoms with van der Waals surface area (Å²) in [5, 5.41) is 29.6. The first-order valence-electron chi connectivity index (χ1n) is 10.7. The molecule has 0 saturated heterocycles. The minimum atomic E-state index is -0.766. The van der Waals surface area contributed by atoms with Crippen LogP contribution in [0.1, 0.15) is 96.8 Å². The number of ketones is 1. The van der Waals surface area contributed by atoms with Gasteiger partial charge in [-0.3, -0.25) is 9.59 Å². The van der Waals surface area contributed by atoms with Crippen LogP contribution in [0.25, 0.3) is 0 Å². The molecule has 0 aromatic heterocycles. The van der Waals surface area contributed by atoms with Crippen LogP contribution in [0.2, 0.25) is 0 Å². The van der Waals surface area contributed by atoms with Crippen LogP contribution in [-0.4, -0.2) is 27.1 Å². The number of hydrogen-bond acceptors (Lipinski definition) is 4. The summed E-state index contributed by atoms with van der Waals surface area (Å²) < 4.78 is 0. The summed E-state index contributed by atoms with van der Waals surface area (Å²) in [6, 6.07) is 0. The van der Waals surface area contributed by atoms with Crippen LogP contribution in [0.15, 0.2) is 11.5 Å². The van der Waals surface area contributed by atoms with E-state index in [-0.39, 0.29) is 41.0 Å². The Labute approximate surface area is 162 Å². The summed E-state index contributed by atoms with van der Waals surface area (Å²) in [6.45, 7) is 2.26. The maximum atomic E-state index is 12.2. The molecule has 27 heavy (non-hydrogen) atoms. The van der Waals surface area contributed by atoms with Crippen molar-refractivity contribution in [3.05, 3.63) is 11.5 Å². The van der Waals surface area contributed by atoms with Crippen molar-refractivity contribution in [2.45, 2.75) is 96.8 Å². The van der Waals surface area contributed by atoms with E-state index in [1.807, 2.05) is 0 Å². The Morgan fingerprint density at radius 2 is 1.70 bits per heavy atom. The van der Waals surface area contributed by atoms with Gasteiger partial charge in [-0.2, -0.15) is 0 Å². The van der Waals surface area contributed by atoms with Crippen LogP contribution in [0, 0.1) is 17.3 Å². The van der Waals surface area contributed by atoms with Gasteiger partial charge in [0.1, 0.15) is 17.3 Å². The molecule has 0 amide bonds. The average Bonchev–Trinajstić information content (AvgIpc) is 3.22. The smallest absolute Gasteiger partial charge is 0.303 e. The predicted octanol–water partition coefficient (Wildman–Crippen LogP) is 5.70. The fourth-order valence-corrected chi connectivity index (χ4v) is 4.83. The van der Waals surface area contributed by atoms with Gasteiger partial charge in [0, 0.05) is 31.1 Å². The summed E-state index contributed by atoms with van der Waals surface area (Å²) in [6.07, 6.45) is 11.5. The van der Waals surface area contributed by atoms with Crippen molar-refractivity contribution in [1.29, 1.82) is 0 Å². The topological polar surface area (TPSA) is 94.8 Å². The molecule has 0 unspecified atom stereocenters. The quantitative estimate of drug-likeness (QED) is 0.316. The molecule has 2 rings (SSSR count). The largest absolute Gasteiger partial charge is 0.509 e. The molecule has 0 aromatic carbocycles. The molecule has 0 spiro atoms. The number of rotatable bonds is 11. The lowest BCUT2D eigenvalue weighted by molar-refractivity contribution is -0.137. The van der Waals surface area contributed by atoms with E-state index in [4.69, 9.17) is 5.11 Å². The van der Waals surface area contributed by atoms with Gasteiger partial charge in [-0.05, 0) is 43.9 Å². The van der Waals surface area contributed by atoms with Crippen molar-refractivity contribution in [3.8, 4) is 0 Å². The Morgan fingerprint density at radius 1 is 1.04 bits per heavy atom. The number of aliphatic hydroxyl groups is 2. The number of unbranched alkanes of at least 4 members (excludes halogenated alkanes) is 3. The van der Waals surface area contributed by atoms with Gasteiger partial charge in [0.2, 0.25) is 0 Å².